The highest BCUT2D eigenvalue weighted by Gasteiger charge is 2.03. The van der Waals surface area contributed by atoms with E-state index in [-0.39, 0.29) is 0 Å². The Hall–Kier alpha value is -0.470. The van der Waals surface area contributed by atoms with Crippen LogP contribution in [-0.2, 0) is 6.42 Å². The molecule has 0 aliphatic carbocycles. The van der Waals surface area contributed by atoms with Gasteiger partial charge in [-0.15, -0.1) is 0 Å². The highest BCUT2D eigenvalue weighted by atomic mass is 79.9. The second kappa shape index (κ2) is 4.37. The van der Waals surface area contributed by atoms with Gasteiger partial charge in [0.05, 0.1) is 0 Å². The topological polar surface area (TPSA) is 13.1 Å². The van der Waals surface area contributed by atoms with Crippen molar-refractivity contribution in [3.8, 4) is 0 Å². The fourth-order valence-corrected chi connectivity index (χ4v) is 1.89. The van der Waals surface area contributed by atoms with Crippen LogP contribution in [0.2, 0.25) is 5.02 Å². The number of fused-ring (bicyclic) bond motifs is 1. The first-order valence-corrected chi connectivity index (χ1v) is 6.03. The van der Waals surface area contributed by atoms with Gasteiger partial charge in [0.2, 0.25) is 0 Å². The van der Waals surface area contributed by atoms with Crippen molar-refractivity contribution in [2.45, 2.75) is 12.8 Å². The molecule has 0 aliphatic heterocycles. The SMILES string of the molecule is Clc1ccc2oc(CCCBr)cc2c1. The predicted octanol–water partition coefficient (Wildman–Crippen LogP) is 4.41. The van der Waals surface area contributed by atoms with E-state index in [1.807, 2.05) is 18.2 Å². The maximum Gasteiger partial charge on any atom is 0.134 e. The molecule has 1 aromatic carbocycles. The Balaban J connectivity index is 2.32. The summed E-state index contributed by atoms with van der Waals surface area (Å²) in [5.74, 6) is 1.03. The van der Waals surface area contributed by atoms with Crippen molar-refractivity contribution in [2.75, 3.05) is 5.33 Å². The minimum absolute atomic E-state index is 0.755. The molecule has 1 nitrogen and oxygen atoms in total. The monoisotopic (exact) mass is 272 g/mol. The summed E-state index contributed by atoms with van der Waals surface area (Å²) in [4.78, 5) is 0. The van der Waals surface area contributed by atoms with E-state index < -0.39 is 0 Å². The molecule has 0 saturated carbocycles. The molecule has 1 aromatic heterocycles. The molecule has 3 heteroatoms. The van der Waals surface area contributed by atoms with Crippen LogP contribution in [0.1, 0.15) is 12.2 Å². The first-order valence-electron chi connectivity index (χ1n) is 4.53. The molecule has 2 rings (SSSR count). The summed E-state index contributed by atoms with van der Waals surface area (Å²) < 4.78 is 5.65. The molecule has 0 N–H and O–H groups in total. The number of halogens is 2. The molecule has 0 spiro atoms. The number of alkyl halides is 1. The van der Waals surface area contributed by atoms with Gasteiger partial charge in [0.1, 0.15) is 11.3 Å². The summed E-state index contributed by atoms with van der Waals surface area (Å²) >= 11 is 9.28. The van der Waals surface area contributed by atoms with Gasteiger partial charge < -0.3 is 4.42 Å². The third kappa shape index (κ3) is 2.12. The second-order valence-electron chi connectivity index (χ2n) is 3.19. The Bertz CT molecular complexity index is 436. The number of hydrogen-bond donors (Lipinski definition) is 0. The van der Waals surface area contributed by atoms with Crippen molar-refractivity contribution in [2.24, 2.45) is 0 Å². The number of furan rings is 1. The molecule has 0 bridgehead atoms. The minimum atomic E-state index is 0.755. The van der Waals surface area contributed by atoms with Gasteiger partial charge in [0, 0.05) is 22.2 Å². The van der Waals surface area contributed by atoms with Crippen LogP contribution in [0.4, 0.5) is 0 Å². The summed E-state index contributed by atoms with van der Waals surface area (Å²) in [5, 5.41) is 2.84. The van der Waals surface area contributed by atoms with Crippen molar-refractivity contribution in [1.29, 1.82) is 0 Å². The van der Waals surface area contributed by atoms with Gasteiger partial charge in [-0.25, -0.2) is 0 Å². The van der Waals surface area contributed by atoms with Crippen molar-refractivity contribution in [1.82, 2.24) is 0 Å². The van der Waals surface area contributed by atoms with E-state index in [9.17, 15) is 0 Å². The van der Waals surface area contributed by atoms with Gasteiger partial charge in [0.25, 0.3) is 0 Å². The Morgan fingerprint density at radius 2 is 2.14 bits per heavy atom. The fourth-order valence-electron chi connectivity index (χ4n) is 1.43. The zero-order chi connectivity index (χ0) is 9.97. The number of rotatable bonds is 3. The van der Waals surface area contributed by atoms with Gasteiger partial charge in [-0.3, -0.25) is 0 Å². The van der Waals surface area contributed by atoms with E-state index in [0.29, 0.717) is 0 Å². The smallest absolute Gasteiger partial charge is 0.134 e. The average molecular weight is 274 g/mol. The van der Waals surface area contributed by atoms with E-state index in [0.717, 1.165) is 39.9 Å². The lowest BCUT2D eigenvalue weighted by molar-refractivity contribution is 0.546. The largest absolute Gasteiger partial charge is 0.461 e. The van der Waals surface area contributed by atoms with Crippen molar-refractivity contribution in [3.63, 3.8) is 0 Å². The lowest BCUT2D eigenvalue weighted by Crippen LogP contribution is -1.80. The van der Waals surface area contributed by atoms with E-state index in [4.69, 9.17) is 16.0 Å². The zero-order valence-corrected chi connectivity index (χ0v) is 9.94. The van der Waals surface area contributed by atoms with E-state index in [1.165, 1.54) is 0 Å². The minimum Gasteiger partial charge on any atom is -0.461 e. The Labute approximate surface area is 96.2 Å². The van der Waals surface area contributed by atoms with Crippen LogP contribution in [0.3, 0.4) is 0 Å². The van der Waals surface area contributed by atoms with Crippen LogP contribution in [0.25, 0.3) is 11.0 Å². The predicted molar refractivity (Wildman–Crippen MR) is 63.3 cm³/mol. The molecular weight excluding hydrogens is 263 g/mol. The molecule has 0 unspecified atom stereocenters. The quantitative estimate of drug-likeness (QED) is 0.755. The maximum absolute atomic E-state index is 5.88. The van der Waals surface area contributed by atoms with Gasteiger partial charge in [0.15, 0.2) is 0 Å². The van der Waals surface area contributed by atoms with Crippen molar-refractivity contribution >= 4 is 38.5 Å². The van der Waals surface area contributed by atoms with Crippen LogP contribution in [0.5, 0.6) is 0 Å². The standard InChI is InChI=1S/C11H10BrClO/c12-5-1-2-10-7-8-6-9(13)3-4-11(8)14-10/h3-4,6-7H,1-2,5H2. The average Bonchev–Trinajstić information content (AvgIpc) is 2.56. The summed E-state index contributed by atoms with van der Waals surface area (Å²) in [5.41, 5.74) is 0.916. The van der Waals surface area contributed by atoms with E-state index in [1.54, 1.807) is 0 Å². The van der Waals surface area contributed by atoms with Gasteiger partial charge in [-0.2, -0.15) is 0 Å². The number of benzene rings is 1. The summed E-state index contributed by atoms with van der Waals surface area (Å²) in [6.07, 6.45) is 2.06. The highest BCUT2D eigenvalue weighted by Crippen LogP contribution is 2.23. The van der Waals surface area contributed by atoms with E-state index >= 15 is 0 Å². The Morgan fingerprint density at radius 1 is 1.29 bits per heavy atom. The second-order valence-corrected chi connectivity index (χ2v) is 4.42. The van der Waals surface area contributed by atoms with Crippen molar-refractivity contribution in [3.05, 3.63) is 35.0 Å². The summed E-state index contributed by atoms with van der Waals surface area (Å²) in [6, 6.07) is 7.75. The Kier molecular flexibility index (Phi) is 3.14. The first-order chi connectivity index (χ1) is 6.79. The molecule has 0 atom stereocenters. The molecule has 0 aliphatic rings. The van der Waals surface area contributed by atoms with Crippen LogP contribution in [-0.4, -0.2) is 5.33 Å². The molecule has 2 aromatic rings. The molecular formula is C11H10BrClO. The van der Waals surface area contributed by atoms with Crippen LogP contribution in [0.15, 0.2) is 28.7 Å². The molecule has 74 valence electrons. The molecule has 14 heavy (non-hydrogen) atoms. The Morgan fingerprint density at radius 3 is 2.93 bits per heavy atom. The maximum atomic E-state index is 5.88. The van der Waals surface area contributed by atoms with Gasteiger partial charge >= 0.3 is 0 Å². The van der Waals surface area contributed by atoms with Gasteiger partial charge in [-0.1, -0.05) is 27.5 Å². The fraction of sp³-hybridized carbons (Fsp3) is 0.273. The molecule has 0 radical (unpaired) electrons. The van der Waals surface area contributed by atoms with Crippen LogP contribution in [0, 0.1) is 0 Å². The third-order valence-electron chi connectivity index (χ3n) is 2.09. The highest BCUT2D eigenvalue weighted by molar-refractivity contribution is 9.09. The molecule has 1 heterocycles. The molecule has 0 saturated heterocycles. The van der Waals surface area contributed by atoms with Crippen LogP contribution >= 0.6 is 27.5 Å². The zero-order valence-electron chi connectivity index (χ0n) is 7.59. The van der Waals surface area contributed by atoms with E-state index in [2.05, 4.69) is 22.0 Å². The van der Waals surface area contributed by atoms with Crippen molar-refractivity contribution < 1.29 is 4.42 Å². The molecule has 0 fully saturated rings. The lowest BCUT2D eigenvalue weighted by atomic mass is 10.2. The number of hydrogen-bond acceptors (Lipinski definition) is 1. The van der Waals surface area contributed by atoms with Crippen LogP contribution < -0.4 is 0 Å². The first kappa shape index (κ1) is 10.1. The number of aryl methyl sites for hydroxylation is 1. The normalized spacial score (nSPS) is 11.0. The summed E-state index contributed by atoms with van der Waals surface area (Å²) in [7, 11) is 0. The lowest BCUT2D eigenvalue weighted by Gasteiger charge is -1.90. The molecule has 0 amide bonds. The summed E-state index contributed by atoms with van der Waals surface area (Å²) in [6.45, 7) is 0. The third-order valence-corrected chi connectivity index (χ3v) is 2.88. The van der Waals surface area contributed by atoms with Gasteiger partial charge in [-0.05, 0) is 30.7 Å².